The summed E-state index contributed by atoms with van der Waals surface area (Å²) in [6.07, 6.45) is 6.94. The van der Waals surface area contributed by atoms with Gasteiger partial charge in [-0.1, -0.05) is 0 Å². The molecule has 1 aliphatic carbocycles. The van der Waals surface area contributed by atoms with E-state index in [4.69, 9.17) is 10.5 Å². The van der Waals surface area contributed by atoms with Crippen molar-refractivity contribution in [1.29, 1.82) is 0 Å². The molecule has 1 aromatic heterocycles. The van der Waals surface area contributed by atoms with Crippen molar-refractivity contribution in [3.63, 3.8) is 0 Å². The zero-order chi connectivity index (χ0) is 14.8. The molecule has 110 valence electrons. The first-order chi connectivity index (χ1) is 10.1. The highest BCUT2D eigenvalue weighted by molar-refractivity contribution is 5.83. The second-order valence-electron chi connectivity index (χ2n) is 5.22. The van der Waals surface area contributed by atoms with E-state index in [-0.39, 0.29) is 11.9 Å². The molecule has 1 aliphatic rings. The number of rotatable bonds is 4. The molecule has 21 heavy (non-hydrogen) atoms. The third-order valence-electron chi connectivity index (χ3n) is 3.51. The van der Waals surface area contributed by atoms with Crippen LogP contribution >= 0.6 is 0 Å². The van der Waals surface area contributed by atoms with E-state index in [0.717, 1.165) is 18.5 Å². The second-order valence-corrected chi connectivity index (χ2v) is 5.22. The van der Waals surface area contributed by atoms with Crippen LogP contribution in [0.3, 0.4) is 0 Å². The van der Waals surface area contributed by atoms with Crippen LogP contribution in [0.2, 0.25) is 0 Å². The summed E-state index contributed by atoms with van der Waals surface area (Å²) in [6, 6.07) is 5.22. The van der Waals surface area contributed by atoms with E-state index >= 15 is 0 Å². The lowest BCUT2D eigenvalue weighted by atomic mass is 9.96. The van der Waals surface area contributed by atoms with Gasteiger partial charge in [0.15, 0.2) is 0 Å². The normalized spacial score (nSPS) is 15.3. The van der Waals surface area contributed by atoms with Crippen LogP contribution in [0.25, 0.3) is 0 Å². The molecule has 0 radical (unpaired) electrons. The summed E-state index contributed by atoms with van der Waals surface area (Å²) in [5.41, 5.74) is 7.09. The van der Waals surface area contributed by atoms with Gasteiger partial charge < -0.3 is 15.6 Å². The average Bonchev–Trinajstić information content (AvgIpc) is 2.71. The highest BCUT2D eigenvalue weighted by Crippen LogP contribution is 2.28. The quantitative estimate of drug-likeness (QED) is 0.844. The lowest BCUT2D eigenvalue weighted by Crippen LogP contribution is -2.24. The molecule has 3 N–H and O–H groups in total. The first kappa shape index (κ1) is 13.5. The van der Waals surface area contributed by atoms with Gasteiger partial charge in [-0.3, -0.25) is 0 Å². The van der Waals surface area contributed by atoms with Crippen molar-refractivity contribution in [1.82, 2.24) is 9.66 Å². The molecular formula is C15H18N4O2. The second kappa shape index (κ2) is 5.47. The maximum Gasteiger partial charge on any atom is 0.221 e. The van der Waals surface area contributed by atoms with Gasteiger partial charge in [0.25, 0.3) is 0 Å². The third-order valence-corrected chi connectivity index (χ3v) is 3.51. The number of ether oxygens (including phenoxy) is 1. The summed E-state index contributed by atoms with van der Waals surface area (Å²) in [6.45, 7) is 1.84. The Labute approximate surface area is 122 Å². The molecule has 0 amide bonds. The third kappa shape index (κ3) is 2.99. The Morgan fingerprint density at radius 2 is 2.29 bits per heavy atom. The molecule has 0 atom stereocenters. The summed E-state index contributed by atoms with van der Waals surface area (Å²) in [5.74, 6) is 1.13. The van der Waals surface area contributed by atoms with E-state index in [2.05, 4.69) is 10.1 Å². The van der Waals surface area contributed by atoms with Crippen molar-refractivity contribution in [3.05, 3.63) is 35.7 Å². The van der Waals surface area contributed by atoms with Crippen LogP contribution in [0, 0.1) is 6.92 Å². The molecule has 6 heteroatoms. The molecule has 3 rings (SSSR count). The Balaban J connectivity index is 1.74. The highest BCUT2D eigenvalue weighted by Gasteiger charge is 2.19. The van der Waals surface area contributed by atoms with E-state index in [1.54, 1.807) is 24.5 Å². The Kier molecular flexibility index (Phi) is 3.51. The van der Waals surface area contributed by atoms with Gasteiger partial charge in [-0.2, -0.15) is 5.10 Å². The molecule has 6 nitrogen and oxygen atoms in total. The molecule has 0 spiro atoms. The largest absolute Gasteiger partial charge is 0.507 e. The molecule has 0 unspecified atom stereocenters. The monoisotopic (exact) mass is 286 g/mol. The van der Waals surface area contributed by atoms with E-state index in [1.165, 1.54) is 11.1 Å². The van der Waals surface area contributed by atoms with E-state index in [1.807, 2.05) is 13.0 Å². The zero-order valence-electron chi connectivity index (χ0n) is 11.9. The smallest absolute Gasteiger partial charge is 0.221 e. The number of nitrogen functional groups attached to an aromatic ring is 1. The number of nitrogens with zero attached hydrogens (tertiary/aromatic N) is 3. The number of nitrogens with two attached hydrogens (primary N) is 1. The van der Waals surface area contributed by atoms with Crippen molar-refractivity contribution in [3.8, 4) is 11.5 Å². The fourth-order valence-electron chi connectivity index (χ4n) is 2.11. The Morgan fingerprint density at radius 1 is 1.48 bits per heavy atom. The van der Waals surface area contributed by atoms with Gasteiger partial charge in [0.1, 0.15) is 11.5 Å². The van der Waals surface area contributed by atoms with Gasteiger partial charge in [-0.15, -0.1) is 0 Å². The van der Waals surface area contributed by atoms with Gasteiger partial charge in [0.05, 0.1) is 24.2 Å². The summed E-state index contributed by atoms with van der Waals surface area (Å²) >= 11 is 0. The summed E-state index contributed by atoms with van der Waals surface area (Å²) in [7, 11) is 0. The fourth-order valence-corrected chi connectivity index (χ4v) is 2.11. The van der Waals surface area contributed by atoms with Crippen molar-refractivity contribution in [2.75, 3.05) is 5.73 Å². The number of phenolic OH excluding ortho intramolecular Hbond substituents is 1. The van der Waals surface area contributed by atoms with E-state index in [0.29, 0.717) is 17.3 Å². The number of phenols is 1. The molecule has 1 heterocycles. The lowest BCUT2D eigenvalue weighted by molar-refractivity contribution is 0.120. The highest BCUT2D eigenvalue weighted by atomic mass is 16.5. The summed E-state index contributed by atoms with van der Waals surface area (Å²) in [4.78, 5) is 4.05. The number of hydrogen-bond acceptors (Lipinski definition) is 5. The molecule has 1 saturated carbocycles. The number of benzene rings is 1. The van der Waals surface area contributed by atoms with Crippen LogP contribution in [0.4, 0.5) is 5.95 Å². The van der Waals surface area contributed by atoms with Crippen LogP contribution in [-0.4, -0.2) is 27.1 Å². The molecular weight excluding hydrogens is 268 g/mol. The predicted molar refractivity (Wildman–Crippen MR) is 80.7 cm³/mol. The average molecular weight is 286 g/mol. The SMILES string of the molecule is Cc1cn(N=Cc2ccc(OC3CCC3)cc2O)c(N)n1. The number of aryl methyl sites for hydroxylation is 1. The van der Waals surface area contributed by atoms with E-state index < -0.39 is 0 Å². The van der Waals surface area contributed by atoms with Crippen LogP contribution < -0.4 is 10.5 Å². The topological polar surface area (TPSA) is 85.7 Å². The van der Waals surface area contributed by atoms with Crippen LogP contribution in [0.5, 0.6) is 11.5 Å². The number of aromatic nitrogens is 2. The maximum atomic E-state index is 10.0. The van der Waals surface area contributed by atoms with Gasteiger partial charge in [-0.05, 0) is 38.3 Å². The van der Waals surface area contributed by atoms with Gasteiger partial charge >= 0.3 is 0 Å². The molecule has 1 aromatic carbocycles. The van der Waals surface area contributed by atoms with Crippen molar-refractivity contribution < 1.29 is 9.84 Å². The van der Waals surface area contributed by atoms with E-state index in [9.17, 15) is 5.11 Å². The summed E-state index contributed by atoms with van der Waals surface area (Å²) < 4.78 is 7.20. The van der Waals surface area contributed by atoms with Crippen molar-refractivity contribution >= 4 is 12.2 Å². The molecule has 0 bridgehead atoms. The minimum absolute atomic E-state index is 0.131. The zero-order valence-corrected chi connectivity index (χ0v) is 11.9. The van der Waals surface area contributed by atoms with Gasteiger partial charge in [-0.25, -0.2) is 9.66 Å². The Bertz CT molecular complexity index is 674. The minimum Gasteiger partial charge on any atom is -0.507 e. The number of aromatic hydroxyl groups is 1. The Morgan fingerprint density at radius 3 is 2.86 bits per heavy atom. The number of anilines is 1. The lowest BCUT2D eigenvalue weighted by Gasteiger charge is -2.26. The first-order valence-corrected chi connectivity index (χ1v) is 6.97. The van der Waals surface area contributed by atoms with Gasteiger partial charge in [0, 0.05) is 11.6 Å². The molecule has 0 saturated heterocycles. The van der Waals surface area contributed by atoms with Crippen molar-refractivity contribution in [2.45, 2.75) is 32.3 Å². The predicted octanol–water partition coefficient (Wildman–Crippen LogP) is 2.29. The van der Waals surface area contributed by atoms with Crippen molar-refractivity contribution in [2.24, 2.45) is 5.10 Å². The summed E-state index contributed by atoms with van der Waals surface area (Å²) in [5, 5.41) is 14.2. The molecule has 1 fully saturated rings. The standard InChI is InChI=1S/C15H18N4O2/c1-10-9-19(15(16)18-10)17-8-11-5-6-13(7-14(11)20)21-12-3-2-4-12/h5-9,12,20H,2-4H2,1H3,(H2,16,18). The first-order valence-electron chi connectivity index (χ1n) is 6.97. The number of hydrogen-bond donors (Lipinski definition) is 2. The van der Waals surface area contributed by atoms with Gasteiger partial charge in [0.2, 0.25) is 5.95 Å². The fraction of sp³-hybridized carbons (Fsp3) is 0.333. The van der Waals surface area contributed by atoms with Crippen LogP contribution in [-0.2, 0) is 0 Å². The Hall–Kier alpha value is -2.50. The maximum absolute atomic E-state index is 10.0. The molecule has 0 aliphatic heterocycles. The number of imidazole rings is 1. The minimum atomic E-state index is 0.131. The van der Waals surface area contributed by atoms with Crippen LogP contribution in [0.15, 0.2) is 29.5 Å². The van der Waals surface area contributed by atoms with Crippen LogP contribution in [0.1, 0.15) is 30.5 Å². The molecule has 2 aromatic rings.